The summed E-state index contributed by atoms with van der Waals surface area (Å²) in [5.74, 6) is -1.77. The first-order valence-electron chi connectivity index (χ1n) is 5.89. The largest absolute Gasteiger partial charge is 0.477 e. The molecule has 1 fully saturated rings. The summed E-state index contributed by atoms with van der Waals surface area (Å²) in [6, 6.07) is 3.36. The first-order chi connectivity index (χ1) is 9.50. The van der Waals surface area contributed by atoms with Crippen molar-refractivity contribution in [2.75, 3.05) is 26.3 Å². The number of hydrogen-bond acceptors (Lipinski definition) is 5. The Labute approximate surface area is 113 Å². The number of morpholine rings is 1. The molecule has 0 atom stereocenters. The second-order valence-electron chi connectivity index (χ2n) is 4.20. The van der Waals surface area contributed by atoms with Crippen LogP contribution in [0.2, 0.25) is 0 Å². The third-order valence-electron chi connectivity index (χ3n) is 2.97. The van der Waals surface area contributed by atoms with Crippen molar-refractivity contribution in [3.63, 3.8) is 0 Å². The summed E-state index contributed by atoms with van der Waals surface area (Å²) in [6.45, 7) is 1.66. The van der Waals surface area contributed by atoms with E-state index in [0.717, 1.165) is 12.1 Å². The number of ether oxygens (including phenoxy) is 1. The fraction of sp³-hybridized carbons (Fsp3) is 0.333. The zero-order valence-corrected chi connectivity index (χ0v) is 10.4. The molecule has 1 aromatic rings. The van der Waals surface area contributed by atoms with Gasteiger partial charge in [-0.3, -0.25) is 14.9 Å². The Bertz CT molecular complexity index is 565. The molecule has 0 bridgehead atoms. The van der Waals surface area contributed by atoms with E-state index in [2.05, 4.69) is 0 Å². The molecule has 0 radical (unpaired) electrons. The van der Waals surface area contributed by atoms with Crippen molar-refractivity contribution in [1.29, 1.82) is 0 Å². The number of benzene rings is 1. The lowest BCUT2D eigenvalue weighted by molar-refractivity contribution is -0.385. The smallest absolute Gasteiger partial charge is 0.342 e. The Kier molecular flexibility index (Phi) is 3.94. The van der Waals surface area contributed by atoms with Gasteiger partial charge in [-0.2, -0.15) is 0 Å². The van der Waals surface area contributed by atoms with E-state index in [1.165, 1.54) is 11.0 Å². The lowest BCUT2D eigenvalue weighted by Gasteiger charge is -2.26. The molecule has 1 aromatic carbocycles. The van der Waals surface area contributed by atoms with E-state index in [-0.39, 0.29) is 11.5 Å². The second kappa shape index (κ2) is 5.66. The molecule has 1 amide bonds. The number of carbonyl (C=O) groups is 2. The van der Waals surface area contributed by atoms with Crippen LogP contribution in [0.4, 0.5) is 5.69 Å². The molecule has 20 heavy (non-hydrogen) atoms. The van der Waals surface area contributed by atoms with Crippen molar-refractivity contribution in [2.24, 2.45) is 0 Å². The standard InChI is InChI=1S/C12H12N2O6/c15-11(13-3-5-20-6-4-13)8-1-2-9(12(16)17)10(7-8)14(18)19/h1-2,7H,3-6H2,(H,16,17). The maximum Gasteiger partial charge on any atom is 0.342 e. The van der Waals surface area contributed by atoms with Gasteiger partial charge in [0.2, 0.25) is 0 Å². The molecule has 1 heterocycles. The number of hydrogen-bond donors (Lipinski definition) is 1. The molecule has 0 unspecified atom stereocenters. The van der Waals surface area contributed by atoms with E-state index in [9.17, 15) is 19.7 Å². The van der Waals surface area contributed by atoms with Gasteiger partial charge in [0.25, 0.3) is 11.6 Å². The van der Waals surface area contributed by atoms with E-state index in [0.29, 0.717) is 26.3 Å². The molecule has 0 spiro atoms. The molecule has 0 saturated carbocycles. The average molecular weight is 280 g/mol. The average Bonchev–Trinajstić information content (AvgIpc) is 2.46. The van der Waals surface area contributed by atoms with Crippen LogP contribution in [-0.2, 0) is 4.74 Å². The summed E-state index contributed by atoms with van der Waals surface area (Å²) in [6.07, 6.45) is 0. The minimum absolute atomic E-state index is 0.101. The van der Waals surface area contributed by atoms with Crippen molar-refractivity contribution in [3.05, 3.63) is 39.4 Å². The van der Waals surface area contributed by atoms with Gasteiger partial charge in [0.1, 0.15) is 5.56 Å². The van der Waals surface area contributed by atoms with Crippen LogP contribution in [0, 0.1) is 10.1 Å². The highest BCUT2D eigenvalue weighted by Crippen LogP contribution is 2.21. The van der Waals surface area contributed by atoms with Crippen LogP contribution in [0.3, 0.4) is 0 Å². The molecule has 1 N–H and O–H groups in total. The van der Waals surface area contributed by atoms with Crippen LogP contribution in [0.5, 0.6) is 0 Å². The molecule has 2 rings (SSSR count). The lowest BCUT2D eigenvalue weighted by atomic mass is 10.1. The van der Waals surface area contributed by atoms with E-state index < -0.39 is 22.1 Å². The first kappa shape index (κ1) is 13.9. The minimum Gasteiger partial charge on any atom is -0.477 e. The Morgan fingerprint density at radius 3 is 2.50 bits per heavy atom. The van der Waals surface area contributed by atoms with E-state index in [4.69, 9.17) is 9.84 Å². The number of amides is 1. The summed E-state index contributed by atoms with van der Waals surface area (Å²) >= 11 is 0. The number of nitro benzene ring substituents is 1. The van der Waals surface area contributed by atoms with Crippen LogP contribution >= 0.6 is 0 Å². The maximum absolute atomic E-state index is 12.2. The van der Waals surface area contributed by atoms with Gasteiger partial charge >= 0.3 is 5.97 Å². The fourth-order valence-corrected chi connectivity index (χ4v) is 1.95. The fourth-order valence-electron chi connectivity index (χ4n) is 1.95. The Morgan fingerprint density at radius 2 is 1.95 bits per heavy atom. The summed E-state index contributed by atoms with van der Waals surface area (Å²) in [7, 11) is 0. The molecule has 0 aromatic heterocycles. The van der Waals surface area contributed by atoms with Crippen LogP contribution in [0.15, 0.2) is 18.2 Å². The van der Waals surface area contributed by atoms with Crippen molar-refractivity contribution in [3.8, 4) is 0 Å². The predicted octanol–water partition coefficient (Wildman–Crippen LogP) is 0.765. The third kappa shape index (κ3) is 2.75. The van der Waals surface area contributed by atoms with E-state index in [1.54, 1.807) is 0 Å². The minimum atomic E-state index is -1.40. The zero-order valence-electron chi connectivity index (χ0n) is 10.4. The molecule has 0 aliphatic carbocycles. The number of carbonyl (C=O) groups excluding carboxylic acids is 1. The molecule has 8 heteroatoms. The van der Waals surface area contributed by atoms with Gasteiger partial charge in [-0.15, -0.1) is 0 Å². The molecule has 1 aliphatic rings. The van der Waals surface area contributed by atoms with Gasteiger partial charge in [0.15, 0.2) is 0 Å². The summed E-state index contributed by atoms with van der Waals surface area (Å²) in [4.78, 5) is 34.6. The lowest BCUT2D eigenvalue weighted by Crippen LogP contribution is -2.40. The molecule has 8 nitrogen and oxygen atoms in total. The van der Waals surface area contributed by atoms with Gasteiger partial charge in [-0.25, -0.2) is 4.79 Å². The zero-order chi connectivity index (χ0) is 14.7. The number of aromatic carboxylic acids is 1. The molecule has 106 valence electrons. The SMILES string of the molecule is O=C(O)c1ccc(C(=O)N2CCOCC2)cc1[N+](=O)[O-]. The van der Waals surface area contributed by atoms with Gasteiger partial charge in [0, 0.05) is 24.7 Å². The van der Waals surface area contributed by atoms with E-state index >= 15 is 0 Å². The number of carboxylic acid groups (broad SMARTS) is 1. The Morgan fingerprint density at radius 1 is 1.30 bits per heavy atom. The topological polar surface area (TPSA) is 110 Å². The Balaban J connectivity index is 2.33. The van der Waals surface area contributed by atoms with Gasteiger partial charge in [0.05, 0.1) is 18.1 Å². The number of nitrogens with zero attached hydrogens (tertiary/aromatic N) is 2. The van der Waals surface area contributed by atoms with Crippen molar-refractivity contribution >= 4 is 17.6 Å². The summed E-state index contributed by atoms with van der Waals surface area (Å²) in [5.41, 5.74) is -0.922. The van der Waals surface area contributed by atoms with E-state index in [1.807, 2.05) is 0 Å². The number of nitro groups is 1. The molecule has 1 aliphatic heterocycles. The molecule has 1 saturated heterocycles. The first-order valence-corrected chi connectivity index (χ1v) is 5.89. The number of rotatable bonds is 3. The van der Waals surface area contributed by atoms with Crippen LogP contribution in [0.25, 0.3) is 0 Å². The highest BCUT2D eigenvalue weighted by atomic mass is 16.6. The van der Waals surface area contributed by atoms with Crippen LogP contribution in [-0.4, -0.2) is 53.1 Å². The molecular formula is C12H12N2O6. The van der Waals surface area contributed by atoms with Crippen LogP contribution < -0.4 is 0 Å². The normalized spacial score (nSPS) is 14.9. The highest BCUT2D eigenvalue weighted by molar-refractivity contribution is 5.98. The predicted molar refractivity (Wildman–Crippen MR) is 66.8 cm³/mol. The number of carboxylic acids is 1. The summed E-state index contributed by atoms with van der Waals surface area (Å²) in [5, 5.41) is 19.8. The van der Waals surface area contributed by atoms with Gasteiger partial charge < -0.3 is 14.7 Å². The quantitative estimate of drug-likeness (QED) is 0.646. The third-order valence-corrected chi connectivity index (χ3v) is 2.97. The van der Waals surface area contributed by atoms with Crippen molar-refractivity contribution < 1.29 is 24.4 Å². The highest BCUT2D eigenvalue weighted by Gasteiger charge is 2.24. The van der Waals surface area contributed by atoms with Gasteiger partial charge in [-0.1, -0.05) is 0 Å². The van der Waals surface area contributed by atoms with Gasteiger partial charge in [-0.05, 0) is 12.1 Å². The van der Waals surface area contributed by atoms with Crippen LogP contribution in [0.1, 0.15) is 20.7 Å². The monoisotopic (exact) mass is 280 g/mol. The molecular weight excluding hydrogens is 268 g/mol. The van der Waals surface area contributed by atoms with Crippen molar-refractivity contribution in [1.82, 2.24) is 4.90 Å². The van der Waals surface area contributed by atoms with Crippen molar-refractivity contribution in [2.45, 2.75) is 0 Å². The second-order valence-corrected chi connectivity index (χ2v) is 4.20. The maximum atomic E-state index is 12.2. The summed E-state index contributed by atoms with van der Waals surface area (Å²) < 4.78 is 5.12. The Hall–Kier alpha value is -2.48.